The minimum Gasteiger partial charge on any atom is -0.314 e. The summed E-state index contributed by atoms with van der Waals surface area (Å²) < 4.78 is 28.3. The molecule has 120 valence electrons. The molecule has 6 heteroatoms. The van der Waals surface area contributed by atoms with E-state index in [-0.39, 0.29) is 24.8 Å². The van der Waals surface area contributed by atoms with Crippen LogP contribution in [0.15, 0.2) is 0 Å². The van der Waals surface area contributed by atoms with Gasteiger partial charge in [0.25, 0.3) is 0 Å². The summed E-state index contributed by atoms with van der Waals surface area (Å²) in [5, 5.41) is 8.43. The maximum absolute atomic E-state index is 13.3. The van der Waals surface area contributed by atoms with Gasteiger partial charge in [-0.25, -0.2) is 8.78 Å². The molecule has 1 aromatic rings. The molecule has 0 aromatic carbocycles. The minimum absolute atomic E-state index is 0.000680. The van der Waals surface area contributed by atoms with E-state index in [4.69, 9.17) is 11.6 Å². The van der Waals surface area contributed by atoms with Gasteiger partial charge >= 0.3 is 0 Å². The predicted molar refractivity (Wildman–Crippen MR) is 81.0 cm³/mol. The van der Waals surface area contributed by atoms with Crippen molar-refractivity contribution in [2.75, 3.05) is 6.54 Å². The molecule has 1 N–H and O–H groups in total. The second-order valence-electron chi connectivity index (χ2n) is 6.04. The van der Waals surface area contributed by atoms with Crippen LogP contribution in [0.1, 0.15) is 43.9 Å². The third-order valence-electron chi connectivity index (χ3n) is 4.49. The van der Waals surface area contributed by atoms with Gasteiger partial charge in [-0.2, -0.15) is 5.10 Å². The molecule has 1 aliphatic rings. The molecule has 21 heavy (non-hydrogen) atoms. The first-order valence-electron chi connectivity index (χ1n) is 7.63. The second-order valence-corrected chi connectivity index (χ2v) is 6.40. The van der Waals surface area contributed by atoms with Gasteiger partial charge in [-0.15, -0.1) is 0 Å². The summed E-state index contributed by atoms with van der Waals surface area (Å²) in [7, 11) is 1.82. The van der Waals surface area contributed by atoms with Crippen LogP contribution in [-0.4, -0.2) is 28.3 Å². The van der Waals surface area contributed by atoms with E-state index in [1.807, 2.05) is 20.9 Å². The summed E-state index contributed by atoms with van der Waals surface area (Å²) in [6.07, 6.45) is 1.89. The lowest BCUT2D eigenvalue weighted by molar-refractivity contribution is -0.0494. The summed E-state index contributed by atoms with van der Waals surface area (Å²) in [5.41, 5.74) is 1.95. The average Bonchev–Trinajstić information content (AvgIpc) is 2.65. The fraction of sp³-hybridized carbons (Fsp3) is 0.800. The number of nitrogens with one attached hydrogen (secondary N) is 1. The van der Waals surface area contributed by atoms with Crippen LogP contribution in [0.2, 0.25) is 5.15 Å². The van der Waals surface area contributed by atoms with Crippen molar-refractivity contribution in [3.05, 3.63) is 16.4 Å². The van der Waals surface area contributed by atoms with Gasteiger partial charge in [0.05, 0.1) is 5.69 Å². The first-order chi connectivity index (χ1) is 9.84. The van der Waals surface area contributed by atoms with Gasteiger partial charge in [0, 0.05) is 31.5 Å². The number of hydrogen-bond donors (Lipinski definition) is 1. The molecule has 0 aliphatic heterocycles. The Morgan fingerprint density at radius 3 is 2.52 bits per heavy atom. The fourth-order valence-electron chi connectivity index (χ4n) is 3.26. The Kier molecular flexibility index (Phi) is 5.25. The first-order valence-corrected chi connectivity index (χ1v) is 8.01. The van der Waals surface area contributed by atoms with E-state index in [9.17, 15) is 8.78 Å². The summed E-state index contributed by atoms with van der Waals surface area (Å²) in [4.78, 5) is 0. The molecule has 0 saturated heterocycles. The number of halogens is 3. The van der Waals surface area contributed by atoms with E-state index in [2.05, 4.69) is 10.4 Å². The number of hydrogen-bond acceptors (Lipinski definition) is 2. The lowest BCUT2D eigenvalue weighted by Crippen LogP contribution is -2.41. The Balaban J connectivity index is 2.09. The number of likely N-dealkylation sites (N-methyl/N-ethyl adjacent to an activating group) is 1. The second kappa shape index (κ2) is 6.61. The molecule has 1 atom stereocenters. The number of nitrogens with zero attached hydrogens (tertiary/aromatic N) is 2. The largest absolute Gasteiger partial charge is 0.314 e. The first kappa shape index (κ1) is 16.7. The van der Waals surface area contributed by atoms with Crippen molar-refractivity contribution >= 4 is 11.6 Å². The van der Waals surface area contributed by atoms with Crippen LogP contribution in [0.5, 0.6) is 0 Å². The summed E-state index contributed by atoms with van der Waals surface area (Å²) in [5.74, 6) is -2.20. The molecule has 0 spiro atoms. The van der Waals surface area contributed by atoms with Crippen LogP contribution in [0.25, 0.3) is 0 Å². The molecule has 0 amide bonds. The van der Waals surface area contributed by atoms with Gasteiger partial charge in [0.1, 0.15) is 5.15 Å². The van der Waals surface area contributed by atoms with Crippen molar-refractivity contribution < 1.29 is 8.78 Å². The molecule has 1 fully saturated rings. The van der Waals surface area contributed by atoms with Crippen LogP contribution in [0, 0.1) is 12.8 Å². The normalized spacial score (nSPS) is 20.7. The summed E-state index contributed by atoms with van der Waals surface area (Å²) >= 11 is 6.30. The smallest absolute Gasteiger partial charge is 0.248 e. The Bertz CT molecular complexity index is 478. The summed E-state index contributed by atoms with van der Waals surface area (Å²) in [6, 6.07) is 0.187. The highest BCUT2D eigenvalue weighted by Gasteiger charge is 2.37. The quantitative estimate of drug-likeness (QED) is 0.896. The van der Waals surface area contributed by atoms with Gasteiger partial charge in [-0.3, -0.25) is 4.68 Å². The molecule has 1 heterocycles. The maximum atomic E-state index is 13.3. The van der Waals surface area contributed by atoms with Gasteiger partial charge in [-0.05, 0) is 38.6 Å². The van der Waals surface area contributed by atoms with E-state index in [0.717, 1.165) is 24.2 Å². The lowest BCUT2D eigenvalue weighted by atomic mass is 9.80. The van der Waals surface area contributed by atoms with Crippen LogP contribution in [0.4, 0.5) is 8.78 Å². The average molecular weight is 320 g/mol. The molecule has 0 bridgehead atoms. The molecule has 1 aliphatic carbocycles. The highest BCUT2D eigenvalue weighted by molar-refractivity contribution is 6.30. The Morgan fingerprint density at radius 1 is 1.43 bits per heavy atom. The fourth-order valence-corrected chi connectivity index (χ4v) is 3.51. The van der Waals surface area contributed by atoms with Crippen LogP contribution in [0.3, 0.4) is 0 Å². The molecule has 1 unspecified atom stereocenters. The number of aryl methyl sites for hydroxylation is 2. The Labute approximate surface area is 130 Å². The molecular formula is C15H24ClF2N3. The monoisotopic (exact) mass is 319 g/mol. The van der Waals surface area contributed by atoms with E-state index < -0.39 is 5.92 Å². The van der Waals surface area contributed by atoms with Crippen molar-refractivity contribution in [3.63, 3.8) is 0 Å². The zero-order valence-electron chi connectivity index (χ0n) is 12.9. The van der Waals surface area contributed by atoms with E-state index >= 15 is 0 Å². The predicted octanol–water partition coefficient (Wildman–Crippen LogP) is 3.73. The molecule has 1 aromatic heterocycles. The highest BCUT2D eigenvalue weighted by atomic mass is 35.5. The third kappa shape index (κ3) is 3.95. The number of aromatic nitrogens is 2. The highest BCUT2D eigenvalue weighted by Crippen LogP contribution is 2.38. The van der Waals surface area contributed by atoms with Crippen LogP contribution < -0.4 is 5.32 Å². The van der Waals surface area contributed by atoms with Crippen molar-refractivity contribution in [2.45, 2.75) is 57.9 Å². The Morgan fingerprint density at radius 2 is 2.05 bits per heavy atom. The molecule has 2 rings (SSSR count). The SMILES string of the molecule is CCNC(Cc1c(C)nn(C)c1Cl)C1CCC(F)(F)CC1. The zero-order chi connectivity index (χ0) is 15.6. The molecule has 3 nitrogen and oxygen atoms in total. The van der Waals surface area contributed by atoms with Crippen molar-refractivity contribution in [1.82, 2.24) is 15.1 Å². The van der Waals surface area contributed by atoms with Gasteiger partial charge in [0.15, 0.2) is 0 Å². The maximum Gasteiger partial charge on any atom is 0.248 e. The van der Waals surface area contributed by atoms with Gasteiger partial charge in [-0.1, -0.05) is 18.5 Å². The van der Waals surface area contributed by atoms with Gasteiger partial charge in [0.2, 0.25) is 5.92 Å². The van der Waals surface area contributed by atoms with Crippen molar-refractivity contribution in [1.29, 1.82) is 0 Å². The van der Waals surface area contributed by atoms with Gasteiger partial charge < -0.3 is 5.32 Å². The molecular weight excluding hydrogens is 296 g/mol. The zero-order valence-corrected chi connectivity index (χ0v) is 13.7. The lowest BCUT2D eigenvalue weighted by Gasteiger charge is -2.34. The number of rotatable bonds is 5. The minimum atomic E-state index is -2.48. The summed E-state index contributed by atoms with van der Waals surface area (Å²) in [6.45, 7) is 4.82. The third-order valence-corrected chi connectivity index (χ3v) is 4.96. The van der Waals surface area contributed by atoms with Crippen molar-refractivity contribution in [2.24, 2.45) is 13.0 Å². The van der Waals surface area contributed by atoms with E-state index in [1.54, 1.807) is 4.68 Å². The molecule has 1 saturated carbocycles. The number of alkyl halides is 2. The standard InChI is InChI=1S/C15H24ClF2N3/c1-4-19-13(11-5-7-15(17,18)8-6-11)9-12-10(2)20-21(3)14(12)16/h11,13,19H,4-9H2,1-3H3. The van der Waals surface area contributed by atoms with Crippen LogP contribution >= 0.6 is 11.6 Å². The topological polar surface area (TPSA) is 29.9 Å². The molecule has 0 radical (unpaired) electrons. The van der Waals surface area contributed by atoms with E-state index in [0.29, 0.717) is 18.0 Å². The Hall–Kier alpha value is -0.680. The van der Waals surface area contributed by atoms with Crippen LogP contribution in [-0.2, 0) is 13.5 Å². The van der Waals surface area contributed by atoms with E-state index in [1.165, 1.54) is 0 Å². The van der Waals surface area contributed by atoms with Crippen molar-refractivity contribution in [3.8, 4) is 0 Å².